The number of amides is 1. The van der Waals surface area contributed by atoms with E-state index in [0.29, 0.717) is 18.8 Å². The van der Waals surface area contributed by atoms with Gasteiger partial charge in [0.25, 0.3) is 11.6 Å². The van der Waals surface area contributed by atoms with Gasteiger partial charge in [-0.05, 0) is 20.3 Å². The predicted octanol–water partition coefficient (Wildman–Crippen LogP) is 1.33. The van der Waals surface area contributed by atoms with Crippen LogP contribution in [-0.2, 0) is 4.74 Å². The molecule has 0 bridgehead atoms. The average molecular weight is 294 g/mol. The number of aromatic nitrogens is 1. The summed E-state index contributed by atoms with van der Waals surface area (Å²) in [6.07, 6.45) is 1.60. The topological polar surface area (TPSA) is 106 Å². The van der Waals surface area contributed by atoms with Gasteiger partial charge in [0.1, 0.15) is 17.6 Å². The summed E-state index contributed by atoms with van der Waals surface area (Å²) < 4.78 is 5.45. The van der Waals surface area contributed by atoms with Crippen LogP contribution in [0.5, 0.6) is 0 Å². The lowest BCUT2D eigenvalue weighted by atomic mass is 9.94. The first-order valence-electron chi connectivity index (χ1n) is 6.63. The van der Waals surface area contributed by atoms with Crippen LogP contribution in [0.1, 0.15) is 30.6 Å². The van der Waals surface area contributed by atoms with Gasteiger partial charge in [0.05, 0.1) is 16.6 Å². The van der Waals surface area contributed by atoms with Crippen molar-refractivity contribution in [3.63, 3.8) is 0 Å². The van der Waals surface area contributed by atoms with Crippen molar-refractivity contribution in [2.75, 3.05) is 19.0 Å². The Bertz CT molecular complexity index is 577. The van der Waals surface area contributed by atoms with Crippen molar-refractivity contribution in [1.29, 1.82) is 0 Å². The molecule has 0 spiro atoms. The first-order chi connectivity index (χ1) is 9.87. The van der Waals surface area contributed by atoms with Crippen LogP contribution in [0.4, 0.5) is 11.5 Å². The van der Waals surface area contributed by atoms with Crippen LogP contribution < -0.4 is 10.6 Å². The van der Waals surface area contributed by atoms with Crippen LogP contribution in [0.25, 0.3) is 0 Å². The van der Waals surface area contributed by atoms with Gasteiger partial charge in [0.2, 0.25) is 0 Å². The molecule has 1 aromatic rings. The molecule has 2 rings (SSSR count). The summed E-state index contributed by atoms with van der Waals surface area (Å²) in [4.78, 5) is 26.7. The van der Waals surface area contributed by atoms with Crippen LogP contribution in [0.2, 0.25) is 0 Å². The first-order valence-corrected chi connectivity index (χ1v) is 6.63. The molecule has 8 heteroatoms. The lowest BCUT2D eigenvalue weighted by molar-refractivity contribution is -0.385. The minimum atomic E-state index is -0.613. The van der Waals surface area contributed by atoms with E-state index < -0.39 is 16.4 Å². The SMILES string of the molecule is CNc1cc(C(=O)NC2(C)CCOC2C)c([N+](=O)[O-])cn1. The van der Waals surface area contributed by atoms with Crippen molar-refractivity contribution in [3.05, 3.63) is 27.9 Å². The summed E-state index contributed by atoms with van der Waals surface area (Å²) in [5, 5.41) is 16.7. The monoisotopic (exact) mass is 294 g/mol. The number of nitro groups is 1. The zero-order valence-electron chi connectivity index (χ0n) is 12.2. The van der Waals surface area contributed by atoms with E-state index in [1.54, 1.807) is 7.05 Å². The Morgan fingerprint density at radius 3 is 2.86 bits per heavy atom. The molecule has 1 aromatic heterocycles. The van der Waals surface area contributed by atoms with Crippen LogP contribution in [0, 0.1) is 10.1 Å². The molecule has 1 aliphatic rings. The van der Waals surface area contributed by atoms with Gasteiger partial charge in [-0.25, -0.2) is 4.98 Å². The lowest BCUT2D eigenvalue weighted by Gasteiger charge is -2.28. The summed E-state index contributed by atoms with van der Waals surface area (Å²) in [6.45, 7) is 4.29. The van der Waals surface area contributed by atoms with Gasteiger partial charge in [-0.1, -0.05) is 0 Å². The molecule has 2 atom stereocenters. The van der Waals surface area contributed by atoms with Crippen molar-refractivity contribution in [1.82, 2.24) is 10.3 Å². The van der Waals surface area contributed by atoms with Crippen molar-refractivity contribution >= 4 is 17.4 Å². The molecule has 2 unspecified atom stereocenters. The second-order valence-electron chi connectivity index (χ2n) is 5.23. The minimum absolute atomic E-state index is 0.0142. The van der Waals surface area contributed by atoms with Gasteiger partial charge >= 0.3 is 0 Å². The second-order valence-corrected chi connectivity index (χ2v) is 5.23. The molecule has 8 nitrogen and oxygen atoms in total. The maximum atomic E-state index is 12.4. The van der Waals surface area contributed by atoms with Crippen LogP contribution >= 0.6 is 0 Å². The van der Waals surface area contributed by atoms with E-state index in [1.165, 1.54) is 6.07 Å². The number of anilines is 1. The molecule has 0 radical (unpaired) electrons. The van der Waals surface area contributed by atoms with Gasteiger partial charge in [-0.2, -0.15) is 0 Å². The van der Waals surface area contributed by atoms with Crippen LogP contribution in [0.3, 0.4) is 0 Å². The van der Waals surface area contributed by atoms with Crippen molar-refractivity contribution in [3.8, 4) is 0 Å². The maximum absolute atomic E-state index is 12.4. The summed E-state index contributed by atoms with van der Waals surface area (Å²) in [6, 6.07) is 1.37. The van der Waals surface area contributed by atoms with E-state index >= 15 is 0 Å². The molecule has 0 aliphatic carbocycles. The summed E-state index contributed by atoms with van der Waals surface area (Å²) in [5.74, 6) is -0.105. The number of hydrogen-bond acceptors (Lipinski definition) is 6. The molecule has 1 fully saturated rings. The predicted molar refractivity (Wildman–Crippen MR) is 76.3 cm³/mol. The Kier molecular flexibility index (Phi) is 4.08. The van der Waals surface area contributed by atoms with Crippen molar-refractivity contribution in [2.24, 2.45) is 0 Å². The molecule has 21 heavy (non-hydrogen) atoms. The molecule has 2 heterocycles. The molecule has 1 aliphatic heterocycles. The Balaban J connectivity index is 2.31. The highest BCUT2D eigenvalue weighted by Gasteiger charge is 2.39. The zero-order valence-corrected chi connectivity index (χ0v) is 12.2. The van der Waals surface area contributed by atoms with E-state index in [2.05, 4.69) is 15.6 Å². The third-order valence-electron chi connectivity index (χ3n) is 3.87. The van der Waals surface area contributed by atoms with Gasteiger partial charge in [-0.3, -0.25) is 14.9 Å². The van der Waals surface area contributed by atoms with E-state index in [-0.39, 0.29) is 17.4 Å². The summed E-state index contributed by atoms with van der Waals surface area (Å²) in [5.41, 5.74) is -0.866. The molecule has 0 aromatic carbocycles. The van der Waals surface area contributed by atoms with E-state index in [4.69, 9.17) is 4.74 Å². The highest BCUT2D eigenvalue weighted by atomic mass is 16.6. The van der Waals surface area contributed by atoms with Gasteiger partial charge in [-0.15, -0.1) is 0 Å². The highest BCUT2D eigenvalue weighted by Crippen LogP contribution is 2.27. The average Bonchev–Trinajstić information content (AvgIpc) is 2.77. The summed E-state index contributed by atoms with van der Waals surface area (Å²) in [7, 11) is 1.63. The molecule has 1 amide bonds. The molecule has 1 saturated heterocycles. The number of carbonyl (C=O) groups excluding carboxylic acids is 1. The zero-order chi connectivity index (χ0) is 15.6. The number of rotatable bonds is 4. The van der Waals surface area contributed by atoms with E-state index in [9.17, 15) is 14.9 Å². The lowest BCUT2D eigenvalue weighted by Crippen LogP contribution is -2.50. The molecule has 114 valence electrons. The maximum Gasteiger partial charge on any atom is 0.300 e. The molecular formula is C13H18N4O4. The normalized spacial score (nSPS) is 24.6. The van der Waals surface area contributed by atoms with E-state index in [1.807, 2.05) is 13.8 Å². The Hall–Kier alpha value is -2.22. The summed E-state index contributed by atoms with van der Waals surface area (Å²) >= 11 is 0. The second kappa shape index (κ2) is 5.65. The van der Waals surface area contributed by atoms with Gasteiger partial charge in [0.15, 0.2) is 0 Å². The number of ether oxygens (including phenoxy) is 1. The quantitative estimate of drug-likeness (QED) is 0.641. The van der Waals surface area contributed by atoms with Crippen molar-refractivity contribution < 1.29 is 14.5 Å². The van der Waals surface area contributed by atoms with Crippen molar-refractivity contribution in [2.45, 2.75) is 31.9 Å². The number of hydrogen-bond donors (Lipinski definition) is 2. The standard InChI is InChI=1S/C13H18N4O4/c1-8-13(2,4-5-21-8)16-12(18)9-6-11(14-3)15-7-10(9)17(19)20/h6-8H,4-5H2,1-3H3,(H,14,15)(H,16,18). The third-order valence-corrected chi connectivity index (χ3v) is 3.87. The number of nitrogens with one attached hydrogen (secondary N) is 2. The first kappa shape index (κ1) is 15.2. The van der Waals surface area contributed by atoms with Crippen LogP contribution in [0.15, 0.2) is 12.3 Å². The number of pyridine rings is 1. The largest absolute Gasteiger partial charge is 0.376 e. The van der Waals surface area contributed by atoms with Crippen LogP contribution in [-0.4, -0.2) is 41.1 Å². The van der Waals surface area contributed by atoms with Gasteiger partial charge in [0, 0.05) is 19.7 Å². The fourth-order valence-corrected chi connectivity index (χ4v) is 2.24. The Morgan fingerprint density at radius 2 is 2.33 bits per heavy atom. The minimum Gasteiger partial charge on any atom is -0.376 e. The Labute approximate surface area is 122 Å². The number of carbonyl (C=O) groups is 1. The fourth-order valence-electron chi connectivity index (χ4n) is 2.24. The highest BCUT2D eigenvalue weighted by molar-refractivity contribution is 5.99. The third kappa shape index (κ3) is 2.94. The molecule has 0 saturated carbocycles. The fraction of sp³-hybridized carbons (Fsp3) is 0.538. The number of nitrogens with zero attached hydrogens (tertiary/aromatic N) is 2. The Morgan fingerprint density at radius 1 is 1.62 bits per heavy atom. The van der Waals surface area contributed by atoms with Gasteiger partial charge < -0.3 is 15.4 Å². The molecular weight excluding hydrogens is 276 g/mol. The smallest absolute Gasteiger partial charge is 0.300 e. The van der Waals surface area contributed by atoms with E-state index in [0.717, 1.165) is 6.20 Å². The molecule has 2 N–H and O–H groups in total.